The number of hydrogen-bond donors (Lipinski definition) is 1. The van der Waals surface area contributed by atoms with Crippen LogP contribution >= 0.6 is 11.3 Å². The third-order valence-electron chi connectivity index (χ3n) is 4.78. The molecule has 1 unspecified atom stereocenters. The number of fused-ring (bicyclic) bond motifs is 1. The number of anilines is 1. The molecule has 0 aliphatic carbocycles. The lowest BCUT2D eigenvalue weighted by Gasteiger charge is -2.18. The van der Waals surface area contributed by atoms with Crippen molar-refractivity contribution in [1.82, 2.24) is 4.90 Å². The van der Waals surface area contributed by atoms with Crippen LogP contribution in [0.1, 0.15) is 34.1 Å². The van der Waals surface area contributed by atoms with E-state index < -0.39 is 52.8 Å². The van der Waals surface area contributed by atoms with Gasteiger partial charge in [0.25, 0.3) is 0 Å². The van der Waals surface area contributed by atoms with Crippen molar-refractivity contribution in [3.05, 3.63) is 16.0 Å². The topological polar surface area (TPSA) is 110 Å². The Labute approximate surface area is 174 Å². The molecule has 1 aromatic heterocycles. The van der Waals surface area contributed by atoms with E-state index in [2.05, 4.69) is 5.32 Å². The van der Waals surface area contributed by atoms with Crippen molar-refractivity contribution in [2.75, 3.05) is 30.8 Å². The van der Waals surface area contributed by atoms with E-state index >= 15 is 0 Å². The average molecular weight is 468 g/mol. The first-order valence-corrected chi connectivity index (χ1v) is 11.7. The van der Waals surface area contributed by atoms with E-state index in [9.17, 15) is 36.0 Å². The second kappa shape index (κ2) is 8.17. The number of likely N-dealkylation sites (tertiary alicyclic amines) is 1. The van der Waals surface area contributed by atoms with E-state index in [4.69, 9.17) is 4.74 Å². The highest BCUT2D eigenvalue weighted by Crippen LogP contribution is 2.39. The minimum Gasteiger partial charge on any atom is -0.462 e. The van der Waals surface area contributed by atoms with Gasteiger partial charge in [-0.2, -0.15) is 13.2 Å². The number of halogens is 3. The number of sulfone groups is 1. The molecule has 1 saturated heterocycles. The van der Waals surface area contributed by atoms with Crippen LogP contribution < -0.4 is 5.32 Å². The molecule has 3 heterocycles. The van der Waals surface area contributed by atoms with Gasteiger partial charge in [0.05, 0.1) is 29.6 Å². The lowest BCUT2D eigenvalue weighted by molar-refractivity contribution is -0.157. The van der Waals surface area contributed by atoms with Gasteiger partial charge in [0.15, 0.2) is 9.84 Å². The summed E-state index contributed by atoms with van der Waals surface area (Å²) < 4.78 is 66.6. The summed E-state index contributed by atoms with van der Waals surface area (Å²) in [6.07, 6.45) is -4.86. The number of carbonyl (C=O) groups is 3. The quantitative estimate of drug-likeness (QED) is 0.660. The molecule has 2 aliphatic rings. The van der Waals surface area contributed by atoms with Gasteiger partial charge in [-0.05, 0) is 18.9 Å². The Bertz CT molecular complexity index is 986. The normalized spacial score (nSPS) is 20.7. The molecule has 3 rings (SSSR count). The van der Waals surface area contributed by atoms with E-state index in [0.29, 0.717) is 15.3 Å². The van der Waals surface area contributed by atoms with Gasteiger partial charge < -0.3 is 15.0 Å². The number of amides is 2. The fourth-order valence-corrected chi connectivity index (χ4v) is 6.50. The van der Waals surface area contributed by atoms with Crippen molar-refractivity contribution < 1.29 is 40.7 Å². The maximum Gasteiger partial charge on any atom is 0.406 e. The summed E-state index contributed by atoms with van der Waals surface area (Å²) in [6, 6.07) is 0. The highest BCUT2D eigenvalue weighted by atomic mass is 32.2. The summed E-state index contributed by atoms with van der Waals surface area (Å²) in [6.45, 7) is -0.162. The molecule has 1 aromatic rings. The molecule has 0 bridgehead atoms. The molecule has 1 fully saturated rings. The largest absolute Gasteiger partial charge is 0.462 e. The van der Waals surface area contributed by atoms with Crippen molar-refractivity contribution in [3.8, 4) is 0 Å². The molecule has 8 nitrogen and oxygen atoms in total. The van der Waals surface area contributed by atoms with Gasteiger partial charge in [-0.25, -0.2) is 13.2 Å². The summed E-state index contributed by atoms with van der Waals surface area (Å²) >= 11 is 0.927. The van der Waals surface area contributed by atoms with Gasteiger partial charge in [-0.3, -0.25) is 9.59 Å². The fourth-order valence-electron chi connectivity index (χ4n) is 3.46. The lowest BCUT2D eigenvalue weighted by atomic mass is 10.1. The van der Waals surface area contributed by atoms with Crippen LogP contribution in [0.3, 0.4) is 0 Å². The second-order valence-corrected chi connectivity index (χ2v) is 10.3. The third-order valence-corrected chi connectivity index (χ3v) is 7.66. The standard InChI is InChI=1S/C17H19F3N2O6S2/c1-2-28-16(25)13-10-3-4-30(26,27)7-11(10)29-15(13)21-14(24)9-5-12(23)22(6-9)8-17(18,19)20/h9H,2-8H2,1H3,(H,21,24). The molecular weight excluding hydrogens is 449 g/mol. The smallest absolute Gasteiger partial charge is 0.406 e. The molecule has 0 radical (unpaired) electrons. The van der Waals surface area contributed by atoms with E-state index in [-0.39, 0.29) is 41.5 Å². The van der Waals surface area contributed by atoms with Crippen LogP contribution in [-0.2, 0) is 36.3 Å². The lowest BCUT2D eigenvalue weighted by Crippen LogP contribution is -2.36. The first-order valence-electron chi connectivity index (χ1n) is 9.07. The first kappa shape index (κ1) is 22.5. The van der Waals surface area contributed by atoms with E-state index in [1.54, 1.807) is 6.92 Å². The zero-order valence-corrected chi connectivity index (χ0v) is 17.5. The fraction of sp³-hybridized carbons (Fsp3) is 0.588. The van der Waals surface area contributed by atoms with Gasteiger partial charge >= 0.3 is 12.1 Å². The van der Waals surface area contributed by atoms with Gasteiger partial charge in [0.1, 0.15) is 11.5 Å². The molecule has 2 aliphatic heterocycles. The SMILES string of the molecule is CCOC(=O)c1c(NC(=O)C2CC(=O)N(CC(F)(F)F)C2)sc2c1CCS(=O)(=O)C2. The highest BCUT2D eigenvalue weighted by Gasteiger charge is 2.41. The van der Waals surface area contributed by atoms with Crippen LogP contribution in [0, 0.1) is 5.92 Å². The van der Waals surface area contributed by atoms with Gasteiger partial charge in [-0.1, -0.05) is 0 Å². The Morgan fingerprint density at radius 2 is 2.03 bits per heavy atom. The predicted molar refractivity (Wildman–Crippen MR) is 101 cm³/mol. The third kappa shape index (κ3) is 4.94. The van der Waals surface area contributed by atoms with Crippen molar-refractivity contribution in [1.29, 1.82) is 0 Å². The molecule has 13 heteroatoms. The zero-order chi connectivity index (χ0) is 22.3. The summed E-state index contributed by atoms with van der Waals surface area (Å²) in [7, 11) is -3.33. The maximum atomic E-state index is 12.6. The first-order chi connectivity index (χ1) is 13.9. The van der Waals surface area contributed by atoms with E-state index in [0.717, 1.165) is 11.3 Å². The molecule has 166 valence electrons. The van der Waals surface area contributed by atoms with Crippen LogP contribution in [0.2, 0.25) is 0 Å². The van der Waals surface area contributed by atoms with Crippen LogP contribution in [-0.4, -0.2) is 62.7 Å². The Balaban J connectivity index is 1.82. The highest BCUT2D eigenvalue weighted by molar-refractivity contribution is 7.90. The Kier molecular flexibility index (Phi) is 6.14. The second-order valence-electron chi connectivity index (χ2n) is 7.05. The summed E-state index contributed by atoms with van der Waals surface area (Å²) in [5.41, 5.74) is 0.557. The number of nitrogens with zero attached hydrogens (tertiary/aromatic N) is 1. The van der Waals surface area contributed by atoms with Crippen molar-refractivity contribution in [3.63, 3.8) is 0 Å². The van der Waals surface area contributed by atoms with Crippen LogP contribution in [0.4, 0.5) is 18.2 Å². The van der Waals surface area contributed by atoms with Gasteiger partial charge in [0, 0.05) is 17.8 Å². The van der Waals surface area contributed by atoms with Crippen molar-refractivity contribution in [2.24, 2.45) is 5.92 Å². The number of esters is 1. The monoisotopic (exact) mass is 468 g/mol. The molecule has 2 amide bonds. The zero-order valence-electron chi connectivity index (χ0n) is 15.9. The number of alkyl halides is 3. The van der Waals surface area contributed by atoms with Crippen LogP contribution in [0.15, 0.2) is 0 Å². The van der Waals surface area contributed by atoms with Crippen LogP contribution in [0.5, 0.6) is 0 Å². The Morgan fingerprint density at radius 1 is 1.33 bits per heavy atom. The summed E-state index contributed by atoms with van der Waals surface area (Å²) in [4.78, 5) is 37.8. The molecule has 0 spiro atoms. The van der Waals surface area contributed by atoms with Gasteiger partial charge in [-0.15, -0.1) is 11.3 Å². The molecule has 30 heavy (non-hydrogen) atoms. The van der Waals surface area contributed by atoms with Crippen molar-refractivity contribution >= 4 is 44.0 Å². The van der Waals surface area contributed by atoms with Crippen LogP contribution in [0.25, 0.3) is 0 Å². The number of carbonyl (C=O) groups excluding carboxylic acids is 3. The molecule has 1 atom stereocenters. The minimum atomic E-state index is -4.57. The van der Waals surface area contributed by atoms with Crippen molar-refractivity contribution in [2.45, 2.75) is 31.7 Å². The molecular formula is C17H19F3N2O6S2. The molecule has 0 aromatic carbocycles. The number of ether oxygens (including phenoxy) is 1. The summed E-state index contributed by atoms with van der Waals surface area (Å²) in [5.74, 6) is -3.63. The molecule has 1 N–H and O–H groups in total. The average Bonchev–Trinajstić information content (AvgIpc) is 3.12. The maximum absolute atomic E-state index is 12.6. The van der Waals surface area contributed by atoms with E-state index in [1.165, 1.54) is 0 Å². The Hall–Kier alpha value is -2.15. The number of thiophene rings is 1. The number of nitrogens with one attached hydrogen (secondary N) is 1. The Morgan fingerprint density at radius 3 is 2.67 bits per heavy atom. The van der Waals surface area contributed by atoms with Gasteiger partial charge in [0.2, 0.25) is 11.8 Å². The number of hydrogen-bond acceptors (Lipinski definition) is 7. The molecule has 0 saturated carbocycles. The number of rotatable bonds is 5. The van der Waals surface area contributed by atoms with E-state index in [1.807, 2.05) is 0 Å². The summed E-state index contributed by atoms with van der Waals surface area (Å²) in [5, 5.41) is 2.59. The predicted octanol–water partition coefficient (Wildman–Crippen LogP) is 1.75. The minimum absolute atomic E-state index is 0.0663.